The summed E-state index contributed by atoms with van der Waals surface area (Å²) in [5.41, 5.74) is 1.01. The molecule has 5 nitrogen and oxygen atoms in total. The standard InChI is InChI=1S/C19H21BO5S/c1-16-10-12-17(13-11-16)26(21,22)23-15-7-3-2-6-14-20-24-18-8-4-5-9-19(18)25-20/h4-6,8-14H,2-3,7,15H2,1H3/b14-6+. The molecule has 0 unspecified atom stereocenters. The van der Waals surface area contributed by atoms with Crippen molar-refractivity contribution in [3.05, 3.63) is 66.1 Å². The summed E-state index contributed by atoms with van der Waals surface area (Å²) in [6, 6.07) is 14.2. The first-order valence-corrected chi connectivity index (χ1v) is 10.0. The van der Waals surface area contributed by atoms with Crippen molar-refractivity contribution in [3.63, 3.8) is 0 Å². The Morgan fingerprint density at radius 1 is 1.00 bits per heavy atom. The fourth-order valence-corrected chi connectivity index (χ4v) is 3.45. The molecule has 7 heteroatoms. The SMILES string of the molecule is Cc1ccc(S(=O)(=O)OCCCC/C=C/B2Oc3ccccc3O2)cc1. The highest BCUT2D eigenvalue weighted by Crippen LogP contribution is 2.32. The third-order valence-corrected chi connectivity index (χ3v) is 5.27. The van der Waals surface area contributed by atoms with Gasteiger partial charge in [-0.2, -0.15) is 8.42 Å². The summed E-state index contributed by atoms with van der Waals surface area (Å²) in [4.78, 5) is 0.193. The number of benzene rings is 2. The quantitative estimate of drug-likeness (QED) is 0.399. The van der Waals surface area contributed by atoms with Gasteiger partial charge in [0.05, 0.1) is 11.5 Å². The largest absolute Gasteiger partial charge is 0.624 e. The van der Waals surface area contributed by atoms with Gasteiger partial charge in [0.25, 0.3) is 10.1 Å². The molecule has 1 aliphatic heterocycles. The first kappa shape index (κ1) is 18.5. The van der Waals surface area contributed by atoms with Crippen molar-refractivity contribution in [3.8, 4) is 11.5 Å². The van der Waals surface area contributed by atoms with Gasteiger partial charge in [-0.25, -0.2) is 0 Å². The van der Waals surface area contributed by atoms with Crippen molar-refractivity contribution >= 4 is 17.2 Å². The van der Waals surface area contributed by atoms with E-state index in [2.05, 4.69) is 0 Å². The predicted molar refractivity (Wildman–Crippen MR) is 101 cm³/mol. The second-order valence-electron chi connectivity index (χ2n) is 6.06. The monoisotopic (exact) mass is 372 g/mol. The third kappa shape index (κ3) is 4.89. The van der Waals surface area contributed by atoms with Crippen LogP contribution in [-0.4, -0.2) is 22.1 Å². The summed E-state index contributed by atoms with van der Waals surface area (Å²) in [6.45, 7) is 2.08. The van der Waals surface area contributed by atoms with Gasteiger partial charge in [0.15, 0.2) is 0 Å². The Hall–Kier alpha value is -2.25. The number of allylic oxidation sites excluding steroid dienone is 1. The molecular weight excluding hydrogens is 351 g/mol. The Bertz CT molecular complexity index is 837. The minimum atomic E-state index is -3.67. The van der Waals surface area contributed by atoms with E-state index in [0.29, 0.717) is 6.42 Å². The molecule has 0 fully saturated rings. The van der Waals surface area contributed by atoms with Crippen LogP contribution in [-0.2, 0) is 14.3 Å². The molecule has 0 atom stereocenters. The number of para-hydroxylation sites is 2. The average Bonchev–Trinajstić information content (AvgIpc) is 3.04. The number of fused-ring (bicyclic) bond motifs is 1. The number of aryl methyl sites for hydroxylation is 1. The van der Waals surface area contributed by atoms with Crippen molar-refractivity contribution in [2.24, 2.45) is 0 Å². The van der Waals surface area contributed by atoms with Crippen LogP contribution in [0, 0.1) is 6.92 Å². The van der Waals surface area contributed by atoms with Gasteiger partial charge in [-0.1, -0.05) is 35.9 Å². The van der Waals surface area contributed by atoms with E-state index in [1.807, 2.05) is 43.2 Å². The van der Waals surface area contributed by atoms with Crippen LogP contribution >= 0.6 is 0 Å². The Morgan fingerprint density at radius 2 is 1.65 bits per heavy atom. The molecule has 2 aromatic rings. The van der Waals surface area contributed by atoms with E-state index >= 15 is 0 Å². The highest BCUT2D eigenvalue weighted by atomic mass is 32.2. The average molecular weight is 372 g/mol. The Morgan fingerprint density at radius 3 is 2.31 bits per heavy atom. The van der Waals surface area contributed by atoms with E-state index in [1.54, 1.807) is 24.3 Å². The van der Waals surface area contributed by atoms with Crippen molar-refractivity contribution in [2.45, 2.75) is 31.1 Å². The maximum Gasteiger partial charge on any atom is 0.624 e. The minimum Gasteiger partial charge on any atom is -0.520 e. The van der Waals surface area contributed by atoms with Gasteiger partial charge in [-0.3, -0.25) is 4.18 Å². The lowest BCUT2D eigenvalue weighted by Gasteiger charge is -2.05. The maximum absolute atomic E-state index is 12.0. The van der Waals surface area contributed by atoms with Crippen LogP contribution in [0.4, 0.5) is 0 Å². The first-order valence-electron chi connectivity index (χ1n) is 8.60. The zero-order valence-corrected chi connectivity index (χ0v) is 15.4. The van der Waals surface area contributed by atoms with E-state index in [9.17, 15) is 8.42 Å². The Kier molecular flexibility index (Phi) is 6.01. The molecular formula is C19H21BO5S. The van der Waals surface area contributed by atoms with E-state index in [4.69, 9.17) is 13.5 Å². The van der Waals surface area contributed by atoms with Crippen LogP contribution in [0.25, 0.3) is 0 Å². The molecule has 0 bridgehead atoms. The maximum atomic E-state index is 12.0. The molecule has 0 saturated heterocycles. The molecule has 0 amide bonds. The summed E-state index contributed by atoms with van der Waals surface area (Å²) in [5.74, 6) is 3.36. The lowest BCUT2D eigenvalue weighted by molar-refractivity contribution is 0.309. The highest BCUT2D eigenvalue weighted by Gasteiger charge is 2.28. The fraction of sp³-hybridized carbons (Fsp3) is 0.263. The molecule has 2 aromatic carbocycles. The van der Waals surface area contributed by atoms with Gasteiger partial charge < -0.3 is 9.31 Å². The molecule has 0 saturated carbocycles. The predicted octanol–water partition coefficient (Wildman–Crippen LogP) is 3.93. The van der Waals surface area contributed by atoms with E-state index in [1.165, 1.54) is 0 Å². The molecule has 0 N–H and O–H groups in total. The normalized spacial score (nSPS) is 13.5. The smallest absolute Gasteiger partial charge is 0.520 e. The van der Waals surface area contributed by atoms with Gasteiger partial charge in [-0.15, -0.1) is 0 Å². The summed E-state index contributed by atoms with van der Waals surface area (Å²) in [6.07, 6.45) is 4.25. The fourth-order valence-electron chi connectivity index (χ4n) is 2.51. The molecule has 0 radical (unpaired) electrons. The summed E-state index contributed by atoms with van der Waals surface area (Å²) in [7, 11) is -4.07. The van der Waals surface area contributed by atoms with Crippen LogP contribution < -0.4 is 9.31 Å². The van der Waals surface area contributed by atoms with Gasteiger partial charge >= 0.3 is 7.12 Å². The minimum absolute atomic E-state index is 0.173. The van der Waals surface area contributed by atoms with Crippen molar-refractivity contribution in [2.75, 3.05) is 6.61 Å². The number of hydrogen-bond donors (Lipinski definition) is 0. The van der Waals surface area contributed by atoms with Crippen LogP contribution in [0.2, 0.25) is 0 Å². The number of rotatable bonds is 8. The lowest BCUT2D eigenvalue weighted by Crippen LogP contribution is -2.21. The second kappa shape index (κ2) is 8.42. The zero-order chi connectivity index (χ0) is 18.4. The summed E-state index contributed by atoms with van der Waals surface area (Å²) < 4.78 is 40.4. The molecule has 1 aliphatic rings. The number of unbranched alkanes of at least 4 members (excludes halogenated alkanes) is 2. The lowest BCUT2D eigenvalue weighted by atomic mass is 9.90. The first-order chi connectivity index (χ1) is 12.5. The van der Waals surface area contributed by atoms with Gasteiger partial charge in [0.1, 0.15) is 11.5 Å². The van der Waals surface area contributed by atoms with E-state index in [-0.39, 0.29) is 11.5 Å². The molecule has 136 valence electrons. The van der Waals surface area contributed by atoms with E-state index in [0.717, 1.165) is 29.9 Å². The molecule has 0 aromatic heterocycles. The van der Waals surface area contributed by atoms with Crippen LogP contribution in [0.3, 0.4) is 0 Å². The van der Waals surface area contributed by atoms with Crippen LogP contribution in [0.5, 0.6) is 11.5 Å². The van der Waals surface area contributed by atoms with Gasteiger partial charge in [0, 0.05) is 0 Å². The highest BCUT2D eigenvalue weighted by molar-refractivity contribution is 7.86. The van der Waals surface area contributed by atoms with Gasteiger partial charge in [0.2, 0.25) is 0 Å². The molecule has 0 aliphatic carbocycles. The summed E-state index contributed by atoms with van der Waals surface area (Å²) in [5, 5.41) is 0. The van der Waals surface area contributed by atoms with Crippen molar-refractivity contribution in [1.29, 1.82) is 0 Å². The summed E-state index contributed by atoms with van der Waals surface area (Å²) >= 11 is 0. The second-order valence-corrected chi connectivity index (χ2v) is 7.68. The van der Waals surface area contributed by atoms with Crippen LogP contribution in [0.15, 0.2) is 65.5 Å². The topological polar surface area (TPSA) is 61.8 Å². The van der Waals surface area contributed by atoms with Crippen molar-refractivity contribution < 1.29 is 21.9 Å². The molecule has 1 heterocycles. The van der Waals surface area contributed by atoms with Crippen molar-refractivity contribution in [1.82, 2.24) is 0 Å². The Labute approximate surface area is 154 Å². The van der Waals surface area contributed by atoms with Gasteiger partial charge in [-0.05, 0) is 56.4 Å². The van der Waals surface area contributed by atoms with Crippen LogP contribution in [0.1, 0.15) is 24.8 Å². The number of hydrogen-bond acceptors (Lipinski definition) is 5. The zero-order valence-electron chi connectivity index (χ0n) is 14.6. The van der Waals surface area contributed by atoms with E-state index < -0.39 is 17.2 Å². The third-order valence-electron chi connectivity index (χ3n) is 3.94. The molecule has 26 heavy (non-hydrogen) atoms. The Balaban J connectivity index is 1.34. The molecule has 3 rings (SSSR count). The molecule has 0 spiro atoms.